The van der Waals surface area contributed by atoms with Gasteiger partial charge in [0.2, 0.25) is 0 Å². The number of methoxy groups -OCH3 is 3. The molecule has 1 saturated carbocycles. The van der Waals surface area contributed by atoms with Crippen molar-refractivity contribution in [3.8, 4) is 17.2 Å². The molecule has 2 fully saturated rings. The first-order valence-electron chi connectivity index (χ1n) is 15.5. The maximum atomic E-state index is 14.0. The molecule has 1 atom stereocenters. The van der Waals surface area contributed by atoms with Gasteiger partial charge in [0.25, 0.3) is 10.0 Å². The second-order valence-corrected chi connectivity index (χ2v) is 14.4. The van der Waals surface area contributed by atoms with Gasteiger partial charge >= 0.3 is 6.09 Å². The highest BCUT2D eigenvalue weighted by atomic mass is 32.2. The van der Waals surface area contributed by atoms with Crippen molar-refractivity contribution in [1.82, 2.24) is 20.3 Å². The molecule has 6 rings (SSSR count). The molecular weight excluding hydrogens is 628 g/mol. The summed E-state index contributed by atoms with van der Waals surface area (Å²) >= 11 is 0. The van der Waals surface area contributed by atoms with Crippen LogP contribution in [-0.4, -0.2) is 68.2 Å². The van der Waals surface area contributed by atoms with Gasteiger partial charge in [0.05, 0.1) is 38.4 Å². The van der Waals surface area contributed by atoms with Crippen molar-refractivity contribution < 1.29 is 36.7 Å². The predicted molar refractivity (Wildman–Crippen MR) is 174 cm³/mol. The maximum absolute atomic E-state index is 14.0. The summed E-state index contributed by atoms with van der Waals surface area (Å²) in [5.74, 6) is 1.61. The van der Waals surface area contributed by atoms with Crippen LogP contribution >= 0.6 is 0 Å². The Labute approximate surface area is 273 Å². The Kier molecular flexibility index (Phi) is 8.59. The summed E-state index contributed by atoms with van der Waals surface area (Å²) in [6.07, 6.45) is 4.24. The minimum absolute atomic E-state index is 0.0443. The summed E-state index contributed by atoms with van der Waals surface area (Å²) in [6, 6.07) is 8.14. The second-order valence-electron chi connectivity index (χ2n) is 12.7. The molecule has 2 aliphatic rings. The Morgan fingerprint density at radius 1 is 0.979 bits per heavy atom. The van der Waals surface area contributed by atoms with E-state index in [2.05, 4.69) is 25.4 Å². The molecule has 47 heavy (non-hydrogen) atoms. The number of amides is 1. The van der Waals surface area contributed by atoms with E-state index in [9.17, 15) is 13.2 Å². The number of nitrogens with zero attached hydrogens (tertiary/aromatic N) is 3. The molecular formula is C32H40N6O8S. The summed E-state index contributed by atoms with van der Waals surface area (Å²) < 4.78 is 58.4. The molecule has 1 aliphatic carbocycles. The van der Waals surface area contributed by atoms with E-state index >= 15 is 0 Å². The van der Waals surface area contributed by atoms with Crippen LogP contribution in [0.25, 0.3) is 11.0 Å². The zero-order chi connectivity index (χ0) is 33.5. The van der Waals surface area contributed by atoms with Crippen LogP contribution in [0.15, 0.2) is 39.8 Å². The molecule has 252 valence electrons. The van der Waals surface area contributed by atoms with E-state index in [-0.39, 0.29) is 28.3 Å². The molecule has 1 aliphatic heterocycles. The van der Waals surface area contributed by atoms with Crippen LogP contribution in [0.5, 0.6) is 17.2 Å². The Hall–Kier alpha value is -4.66. The first-order chi connectivity index (χ1) is 22.4. The number of likely N-dealkylation sites (tertiary alicyclic amines) is 1. The fourth-order valence-corrected chi connectivity index (χ4v) is 7.12. The van der Waals surface area contributed by atoms with Crippen LogP contribution in [0, 0.1) is 0 Å². The van der Waals surface area contributed by atoms with E-state index in [1.807, 2.05) is 26.8 Å². The van der Waals surface area contributed by atoms with Gasteiger partial charge in [0.1, 0.15) is 22.8 Å². The molecule has 0 unspecified atom stereocenters. The number of carbonyl (C=O) groups excluding carboxylic acids is 1. The van der Waals surface area contributed by atoms with Crippen molar-refractivity contribution in [2.24, 2.45) is 0 Å². The third kappa shape index (κ3) is 6.75. The molecule has 0 spiro atoms. The first kappa shape index (κ1) is 32.3. The van der Waals surface area contributed by atoms with E-state index in [0.29, 0.717) is 52.7 Å². The lowest BCUT2D eigenvalue weighted by Gasteiger charge is -2.37. The fourth-order valence-electron chi connectivity index (χ4n) is 5.80. The van der Waals surface area contributed by atoms with Gasteiger partial charge in [0.15, 0.2) is 22.1 Å². The molecule has 15 heteroatoms. The lowest BCUT2D eigenvalue weighted by Crippen LogP contribution is -2.41. The fraction of sp³-hybridized carbons (Fsp3) is 0.469. The van der Waals surface area contributed by atoms with Crippen molar-refractivity contribution in [2.75, 3.05) is 37.9 Å². The number of sulfonamides is 1. The minimum Gasteiger partial charge on any atom is -0.495 e. The van der Waals surface area contributed by atoms with E-state index in [1.54, 1.807) is 29.2 Å². The Balaban J connectivity index is 1.30. The van der Waals surface area contributed by atoms with Gasteiger partial charge < -0.3 is 33.7 Å². The highest BCUT2D eigenvalue weighted by molar-refractivity contribution is 7.93. The van der Waals surface area contributed by atoms with E-state index in [1.165, 1.54) is 21.3 Å². The summed E-state index contributed by atoms with van der Waals surface area (Å²) in [4.78, 5) is 14.6. The van der Waals surface area contributed by atoms with Crippen molar-refractivity contribution in [1.29, 1.82) is 0 Å². The largest absolute Gasteiger partial charge is 0.495 e. The number of hydrogen-bond acceptors (Lipinski definition) is 11. The second kappa shape index (κ2) is 12.5. The molecule has 1 saturated heterocycles. The highest BCUT2D eigenvalue weighted by Crippen LogP contribution is 2.43. The van der Waals surface area contributed by atoms with Crippen LogP contribution in [0.2, 0.25) is 0 Å². The van der Waals surface area contributed by atoms with Gasteiger partial charge in [-0.2, -0.15) is 5.10 Å². The van der Waals surface area contributed by atoms with Crippen molar-refractivity contribution in [3.63, 3.8) is 0 Å². The number of anilines is 3. The number of rotatable bonds is 10. The number of aromatic nitrogens is 3. The molecule has 0 bridgehead atoms. The number of ether oxygens (including phenoxy) is 4. The Morgan fingerprint density at radius 2 is 1.68 bits per heavy atom. The number of hydrogen-bond donors (Lipinski definition) is 3. The molecule has 2 aromatic carbocycles. The molecule has 3 N–H and O–H groups in total. The van der Waals surface area contributed by atoms with Crippen molar-refractivity contribution in [2.45, 2.75) is 75.3 Å². The van der Waals surface area contributed by atoms with Crippen LogP contribution < -0.4 is 24.2 Å². The summed E-state index contributed by atoms with van der Waals surface area (Å²) in [7, 11) is -0.0725. The molecule has 2 aromatic heterocycles. The Bertz CT molecular complexity index is 1870. The van der Waals surface area contributed by atoms with Crippen LogP contribution in [-0.2, 0) is 14.8 Å². The van der Waals surface area contributed by atoms with Crippen molar-refractivity contribution in [3.05, 3.63) is 41.6 Å². The van der Waals surface area contributed by atoms with Gasteiger partial charge in [-0.15, -0.1) is 0 Å². The summed E-state index contributed by atoms with van der Waals surface area (Å²) in [6.45, 7) is 5.96. The average Bonchev–Trinajstić information content (AvgIpc) is 3.67. The third-order valence-electron chi connectivity index (χ3n) is 8.17. The van der Waals surface area contributed by atoms with E-state index in [0.717, 1.165) is 31.4 Å². The van der Waals surface area contributed by atoms with Gasteiger partial charge in [-0.3, -0.25) is 9.82 Å². The maximum Gasteiger partial charge on any atom is 0.410 e. The zero-order valence-corrected chi connectivity index (χ0v) is 28.1. The highest BCUT2D eigenvalue weighted by Gasteiger charge is 2.35. The summed E-state index contributed by atoms with van der Waals surface area (Å²) in [5.41, 5.74) is 1.96. The number of piperidine rings is 1. The van der Waals surface area contributed by atoms with Gasteiger partial charge in [0, 0.05) is 30.3 Å². The SMILES string of the molecule is COc1cc2c(NS(=O)(=O)c3c(OC)cc([C@H]4CCCCN4C(=O)OC(C)(C)C)cc3OC)noc2cc1Nc1cc(C2CC2)[nH]n1. The molecule has 1 amide bonds. The molecule has 14 nitrogen and oxygen atoms in total. The average molecular weight is 669 g/mol. The monoisotopic (exact) mass is 668 g/mol. The Morgan fingerprint density at radius 3 is 2.32 bits per heavy atom. The smallest absolute Gasteiger partial charge is 0.410 e. The zero-order valence-electron chi connectivity index (χ0n) is 27.3. The summed E-state index contributed by atoms with van der Waals surface area (Å²) in [5, 5.41) is 15.0. The van der Waals surface area contributed by atoms with E-state index < -0.39 is 21.7 Å². The van der Waals surface area contributed by atoms with Crippen molar-refractivity contribution >= 4 is 44.4 Å². The number of benzene rings is 2. The van der Waals surface area contributed by atoms with Gasteiger partial charge in [-0.1, -0.05) is 5.16 Å². The normalized spacial score (nSPS) is 17.0. The topological polar surface area (TPSA) is 170 Å². The lowest BCUT2D eigenvalue weighted by atomic mass is 9.95. The predicted octanol–water partition coefficient (Wildman–Crippen LogP) is 6.46. The quantitative estimate of drug-likeness (QED) is 0.169. The number of carbonyl (C=O) groups is 1. The lowest BCUT2D eigenvalue weighted by molar-refractivity contribution is 0.00943. The number of fused-ring (bicyclic) bond motifs is 1. The van der Waals surface area contributed by atoms with Crippen LogP contribution in [0.4, 0.5) is 22.1 Å². The number of aromatic amines is 1. The first-order valence-corrected chi connectivity index (χ1v) is 17.0. The van der Waals surface area contributed by atoms with Gasteiger partial charge in [-0.25, -0.2) is 13.2 Å². The standard InChI is InChI=1S/C32H40N6O8S/c1-32(2,3)45-31(39)38-12-8-7-9-23(38)19-13-26(43-5)29(27(14-19)44-6)47(40,41)37-30-20-15-25(42-4)22(16-24(20)46-36-30)33-28-17-21(34-35-28)18-10-11-18/h13-18,23H,7-12H2,1-6H3,(H,36,37)(H2,33,34,35)/t23-/m1/s1. The van der Waals surface area contributed by atoms with Crippen LogP contribution in [0.3, 0.4) is 0 Å². The van der Waals surface area contributed by atoms with E-state index in [4.69, 9.17) is 23.5 Å². The number of nitrogens with one attached hydrogen (secondary N) is 3. The number of H-pyrrole nitrogens is 1. The molecule has 0 radical (unpaired) electrons. The molecule has 3 heterocycles. The molecule has 4 aromatic rings. The minimum atomic E-state index is -4.34. The van der Waals surface area contributed by atoms with Gasteiger partial charge in [-0.05, 0) is 76.6 Å². The third-order valence-corrected chi connectivity index (χ3v) is 9.57. The van der Waals surface area contributed by atoms with Crippen LogP contribution in [0.1, 0.15) is 76.1 Å².